The molecule has 0 spiro atoms. The number of aryl methyl sites for hydroxylation is 1. The van der Waals surface area contributed by atoms with Crippen LogP contribution in [0.25, 0.3) is 11.4 Å². The molecule has 4 aromatic rings. The van der Waals surface area contributed by atoms with E-state index in [1.54, 1.807) is 49.6 Å². The molecule has 0 radical (unpaired) electrons. The van der Waals surface area contributed by atoms with E-state index in [4.69, 9.17) is 14.2 Å². The summed E-state index contributed by atoms with van der Waals surface area (Å²) in [6.07, 6.45) is 0. The zero-order chi connectivity index (χ0) is 24.1. The Labute approximate surface area is 194 Å². The molecule has 1 heterocycles. The number of hydrogen-bond donors (Lipinski definition) is 1. The van der Waals surface area contributed by atoms with E-state index in [9.17, 15) is 14.4 Å². The van der Waals surface area contributed by atoms with E-state index < -0.39 is 17.1 Å². The predicted molar refractivity (Wildman–Crippen MR) is 127 cm³/mol. The lowest BCUT2D eigenvalue weighted by atomic mass is 10.2. The van der Waals surface area contributed by atoms with Crippen molar-refractivity contribution in [3.05, 3.63) is 110 Å². The third-order valence-electron chi connectivity index (χ3n) is 4.96. The van der Waals surface area contributed by atoms with Crippen LogP contribution in [-0.2, 0) is 4.74 Å². The second kappa shape index (κ2) is 10.1. The van der Waals surface area contributed by atoms with Crippen LogP contribution >= 0.6 is 0 Å². The molecule has 0 atom stereocenters. The van der Waals surface area contributed by atoms with Crippen molar-refractivity contribution in [3.8, 4) is 28.6 Å². The van der Waals surface area contributed by atoms with E-state index in [1.807, 2.05) is 31.2 Å². The molecule has 174 valence electrons. The van der Waals surface area contributed by atoms with Crippen LogP contribution in [0.2, 0.25) is 0 Å². The molecule has 4 rings (SSSR count). The van der Waals surface area contributed by atoms with Crippen LogP contribution in [0, 0.1) is 6.92 Å². The van der Waals surface area contributed by atoms with Gasteiger partial charge in [0.25, 0.3) is 0 Å². The van der Waals surface area contributed by atoms with Gasteiger partial charge in [-0.1, -0.05) is 30.3 Å². The summed E-state index contributed by atoms with van der Waals surface area (Å²) in [5.41, 5.74) is -1.08. The minimum absolute atomic E-state index is 0.209. The summed E-state index contributed by atoms with van der Waals surface area (Å²) in [6.45, 7) is 2.39. The topological polar surface area (TPSA) is 105 Å². The molecular formula is C25H23N3O6. The van der Waals surface area contributed by atoms with Gasteiger partial charge in [-0.25, -0.2) is 23.5 Å². The number of rotatable bonds is 8. The molecule has 0 aliphatic carbocycles. The Morgan fingerprint density at radius 3 is 2.15 bits per heavy atom. The number of aromatic nitrogens is 3. The quantitative estimate of drug-likeness (QED) is 0.405. The second-order valence-corrected chi connectivity index (χ2v) is 7.42. The zero-order valence-electron chi connectivity index (χ0n) is 18.7. The van der Waals surface area contributed by atoms with Crippen molar-refractivity contribution in [1.29, 1.82) is 0 Å². The van der Waals surface area contributed by atoms with Gasteiger partial charge < -0.3 is 14.2 Å². The first kappa shape index (κ1) is 22.8. The molecule has 0 saturated carbocycles. The van der Waals surface area contributed by atoms with Crippen molar-refractivity contribution in [2.45, 2.75) is 6.92 Å². The summed E-state index contributed by atoms with van der Waals surface area (Å²) in [5, 5.41) is 0. The van der Waals surface area contributed by atoms with Gasteiger partial charge in [0, 0.05) is 13.2 Å². The summed E-state index contributed by atoms with van der Waals surface area (Å²) in [5.74, 6) is 1.29. The molecule has 9 nitrogen and oxygen atoms in total. The number of aromatic amines is 1. The molecule has 0 amide bonds. The highest BCUT2D eigenvalue weighted by atomic mass is 16.5. The molecule has 0 unspecified atom stereocenters. The Bertz CT molecular complexity index is 1470. The standard InChI is InChI=1S/C25H23N3O6/c1-17-7-6-8-18(15-17)27-23(29)26-24(30)28(25(27)31)19-11-12-21(22(16-19)33-14-13-32-2)34-20-9-4-3-5-10-20/h3-12,15-16H,13-14H2,1-2H3,(H,26,29,30). The van der Waals surface area contributed by atoms with Crippen molar-refractivity contribution < 1.29 is 14.2 Å². The van der Waals surface area contributed by atoms with Crippen molar-refractivity contribution in [3.63, 3.8) is 0 Å². The smallest absolute Gasteiger partial charge is 0.345 e. The molecule has 0 aliphatic rings. The summed E-state index contributed by atoms with van der Waals surface area (Å²) in [4.78, 5) is 40.6. The highest BCUT2D eigenvalue weighted by molar-refractivity contribution is 5.50. The summed E-state index contributed by atoms with van der Waals surface area (Å²) in [6, 6.07) is 20.6. The first-order chi connectivity index (χ1) is 16.5. The highest BCUT2D eigenvalue weighted by Crippen LogP contribution is 2.33. The number of methoxy groups -OCH3 is 1. The third-order valence-corrected chi connectivity index (χ3v) is 4.96. The maximum absolute atomic E-state index is 13.3. The Morgan fingerprint density at radius 1 is 0.765 bits per heavy atom. The summed E-state index contributed by atoms with van der Waals surface area (Å²) >= 11 is 0. The highest BCUT2D eigenvalue weighted by Gasteiger charge is 2.16. The number of nitrogens with one attached hydrogen (secondary N) is 1. The fourth-order valence-electron chi connectivity index (χ4n) is 3.38. The molecular weight excluding hydrogens is 438 g/mol. The largest absolute Gasteiger partial charge is 0.487 e. The molecule has 0 saturated heterocycles. The fourth-order valence-corrected chi connectivity index (χ4v) is 3.38. The number of H-pyrrole nitrogens is 1. The number of nitrogens with zero attached hydrogens (tertiary/aromatic N) is 2. The van der Waals surface area contributed by atoms with Crippen molar-refractivity contribution in [2.24, 2.45) is 0 Å². The van der Waals surface area contributed by atoms with E-state index in [0.717, 1.165) is 14.7 Å². The van der Waals surface area contributed by atoms with Crippen LogP contribution in [0.1, 0.15) is 5.56 Å². The normalized spacial score (nSPS) is 10.8. The Hall–Kier alpha value is -4.37. The molecule has 0 aliphatic heterocycles. The number of hydrogen-bond acceptors (Lipinski definition) is 6. The first-order valence-electron chi connectivity index (χ1n) is 10.5. The van der Waals surface area contributed by atoms with Gasteiger partial charge in [-0.05, 0) is 48.9 Å². The Morgan fingerprint density at radius 2 is 1.47 bits per heavy atom. The van der Waals surface area contributed by atoms with Crippen LogP contribution in [0.4, 0.5) is 0 Å². The van der Waals surface area contributed by atoms with Gasteiger partial charge in [-0.15, -0.1) is 0 Å². The van der Waals surface area contributed by atoms with Crippen LogP contribution in [0.15, 0.2) is 87.2 Å². The molecule has 9 heteroatoms. The van der Waals surface area contributed by atoms with E-state index in [-0.39, 0.29) is 12.3 Å². The van der Waals surface area contributed by atoms with E-state index in [0.29, 0.717) is 29.5 Å². The van der Waals surface area contributed by atoms with Gasteiger partial charge in [0.2, 0.25) is 0 Å². The predicted octanol–water partition coefficient (Wildman–Crippen LogP) is 2.80. The van der Waals surface area contributed by atoms with Crippen molar-refractivity contribution in [1.82, 2.24) is 14.1 Å². The lowest BCUT2D eigenvalue weighted by Crippen LogP contribution is -2.48. The van der Waals surface area contributed by atoms with E-state index in [2.05, 4.69) is 4.98 Å². The Balaban J connectivity index is 1.83. The maximum atomic E-state index is 13.3. The monoisotopic (exact) mass is 461 g/mol. The van der Waals surface area contributed by atoms with Crippen molar-refractivity contribution >= 4 is 0 Å². The van der Waals surface area contributed by atoms with Crippen LogP contribution < -0.4 is 26.5 Å². The van der Waals surface area contributed by atoms with Gasteiger partial charge in [-0.2, -0.15) is 0 Å². The number of para-hydroxylation sites is 1. The second-order valence-electron chi connectivity index (χ2n) is 7.42. The molecule has 1 aromatic heterocycles. The van der Waals surface area contributed by atoms with Gasteiger partial charge in [0.05, 0.1) is 18.0 Å². The molecule has 1 N–H and O–H groups in total. The van der Waals surface area contributed by atoms with E-state index in [1.165, 1.54) is 6.07 Å². The zero-order valence-corrected chi connectivity index (χ0v) is 18.7. The number of ether oxygens (including phenoxy) is 3. The maximum Gasteiger partial charge on any atom is 0.345 e. The van der Waals surface area contributed by atoms with Crippen LogP contribution in [-0.4, -0.2) is 34.4 Å². The van der Waals surface area contributed by atoms with Gasteiger partial charge in [0.15, 0.2) is 11.5 Å². The van der Waals surface area contributed by atoms with Gasteiger partial charge in [0.1, 0.15) is 12.4 Å². The number of benzene rings is 3. The molecule has 34 heavy (non-hydrogen) atoms. The van der Waals surface area contributed by atoms with Gasteiger partial charge in [-0.3, -0.25) is 4.98 Å². The first-order valence-corrected chi connectivity index (χ1v) is 10.5. The van der Waals surface area contributed by atoms with Crippen molar-refractivity contribution in [2.75, 3.05) is 20.3 Å². The Kier molecular flexibility index (Phi) is 6.74. The lowest BCUT2D eigenvalue weighted by molar-refractivity contribution is 0.144. The summed E-state index contributed by atoms with van der Waals surface area (Å²) in [7, 11) is 1.55. The fraction of sp³-hybridized carbons (Fsp3) is 0.160. The third kappa shape index (κ3) is 4.84. The van der Waals surface area contributed by atoms with Crippen LogP contribution in [0.5, 0.6) is 17.2 Å². The van der Waals surface area contributed by atoms with Crippen LogP contribution in [0.3, 0.4) is 0 Å². The molecule has 0 bridgehead atoms. The lowest BCUT2D eigenvalue weighted by Gasteiger charge is -2.15. The minimum Gasteiger partial charge on any atom is -0.487 e. The van der Waals surface area contributed by atoms with Gasteiger partial charge >= 0.3 is 17.1 Å². The average Bonchev–Trinajstić information content (AvgIpc) is 2.81. The summed E-state index contributed by atoms with van der Waals surface area (Å²) < 4.78 is 18.6. The molecule has 3 aromatic carbocycles. The SMILES string of the molecule is COCCOc1cc(-n2c(=O)[nH]c(=O)n(-c3cccc(C)c3)c2=O)ccc1Oc1ccccc1. The molecule has 0 fully saturated rings. The van der Waals surface area contributed by atoms with E-state index >= 15 is 0 Å². The average molecular weight is 461 g/mol. The minimum atomic E-state index is -0.863.